The number of carbonyl (C=O) groups excluding carboxylic acids is 1. The fraction of sp³-hybridized carbons (Fsp3) is 0.281. The summed E-state index contributed by atoms with van der Waals surface area (Å²) in [6, 6.07) is 22.7. The van der Waals surface area contributed by atoms with Crippen LogP contribution in [0.25, 0.3) is 10.8 Å². The number of likely N-dealkylation sites (tertiary alicyclic amines) is 1. The molecule has 5 rings (SSSR count). The summed E-state index contributed by atoms with van der Waals surface area (Å²) in [4.78, 5) is 16.0. The molecular weight excluding hydrogens is 583 g/mol. The standard InChI is InChI=1S/C32H30F3NO6S/c33-32(34,35)43(38,39)42-29-16-11-25-21-27(41-22-23-7-3-1-4-8-23)14-15-28(25)30(29)31(37)24-9-12-26(13-10-24)40-20-19-36-17-5-2-6-18-36/h1,3-4,7-16,21H,2,5-6,17-20,22H2. The van der Waals surface area contributed by atoms with Gasteiger partial charge in [-0.3, -0.25) is 9.69 Å². The van der Waals surface area contributed by atoms with Gasteiger partial charge in [0, 0.05) is 12.1 Å². The van der Waals surface area contributed by atoms with Crippen LogP contribution in [0.3, 0.4) is 0 Å². The number of alkyl halides is 3. The minimum Gasteiger partial charge on any atom is -0.492 e. The number of rotatable bonds is 11. The van der Waals surface area contributed by atoms with Gasteiger partial charge in [0.2, 0.25) is 0 Å². The van der Waals surface area contributed by atoms with Crippen molar-refractivity contribution >= 4 is 26.7 Å². The second kappa shape index (κ2) is 13.0. The number of ketones is 1. The van der Waals surface area contributed by atoms with Gasteiger partial charge in [0.25, 0.3) is 0 Å². The van der Waals surface area contributed by atoms with Gasteiger partial charge in [-0.05, 0) is 90.8 Å². The Morgan fingerprint density at radius 2 is 1.51 bits per heavy atom. The topological polar surface area (TPSA) is 82.1 Å². The van der Waals surface area contributed by atoms with E-state index in [1.807, 2.05) is 30.3 Å². The Morgan fingerprint density at radius 3 is 2.21 bits per heavy atom. The Labute approximate surface area is 247 Å². The van der Waals surface area contributed by atoms with Crippen molar-refractivity contribution in [3.8, 4) is 17.2 Å². The maximum Gasteiger partial charge on any atom is 0.534 e. The van der Waals surface area contributed by atoms with Crippen molar-refractivity contribution < 1.29 is 40.0 Å². The summed E-state index contributed by atoms with van der Waals surface area (Å²) in [6.45, 7) is 3.60. The zero-order chi connectivity index (χ0) is 30.5. The van der Waals surface area contributed by atoms with Gasteiger partial charge in [-0.2, -0.15) is 21.6 Å². The SMILES string of the molecule is O=C(c1ccc(OCCN2CCCCC2)cc1)c1c(OS(=O)(=O)C(F)(F)F)ccc2cc(OCc3ccccc3)ccc12. The molecule has 1 aliphatic rings. The van der Waals surface area contributed by atoms with Gasteiger partial charge in [-0.15, -0.1) is 0 Å². The van der Waals surface area contributed by atoms with E-state index in [2.05, 4.69) is 9.08 Å². The minimum absolute atomic E-state index is 0.120. The van der Waals surface area contributed by atoms with Gasteiger partial charge in [-0.1, -0.05) is 42.8 Å². The summed E-state index contributed by atoms with van der Waals surface area (Å²) in [7, 11) is -6.03. The first kappa shape index (κ1) is 30.4. The second-order valence-corrected chi connectivity index (χ2v) is 11.7. The Hall–Kier alpha value is -4.09. The summed E-state index contributed by atoms with van der Waals surface area (Å²) in [5.41, 5.74) is -4.95. The van der Waals surface area contributed by atoms with Crippen LogP contribution in [-0.2, 0) is 16.7 Å². The average molecular weight is 614 g/mol. The lowest BCUT2D eigenvalue weighted by Crippen LogP contribution is -2.33. The van der Waals surface area contributed by atoms with Crippen molar-refractivity contribution in [1.29, 1.82) is 0 Å². The highest BCUT2D eigenvalue weighted by Crippen LogP contribution is 2.36. The highest BCUT2D eigenvalue weighted by atomic mass is 32.2. The molecule has 4 aromatic rings. The number of carbonyl (C=O) groups is 1. The number of ether oxygens (including phenoxy) is 2. The average Bonchev–Trinajstić information content (AvgIpc) is 3.00. The molecular formula is C32H30F3NO6S. The Morgan fingerprint density at radius 1 is 0.814 bits per heavy atom. The van der Waals surface area contributed by atoms with E-state index in [1.165, 1.54) is 43.5 Å². The molecule has 7 nitrogen and oxygen atoms in total. The smallest absolute Gasteiger partial charge is 0.492 e. The molecule has 1 fully saturated rings. The number of nitrogens with zero attached hydrogens (tertiary/aromatic N) is 1. The maximum atomic E-state index is 13.7. The lowest BCUT2D eigenvalue weighted by Gasteiger charge is -2.26. The fourth-order valence-electron chi connectivity index (χ4n) is 4.91. The predicted molar refractivity (Wildman–Crippen MR) is 156 cm³/mol. The Bertz CT molecular complexity index is 1670. The quantitative estimate of drug-likeness (QED) is 0.105. The zero-order valence-electron chi connectivity index (χ0n) is 23.2. The largest absolute Gasteiger partial charge is 0.534 e. The highest BCUT2D eigenvalue weighted by molar-refractivity contribution is 7.88. The van der Waals surface area contributed by atoms with E-state index < -0.39 is 27.2 Å². The molecule has 0 spiro atoms. The number of piperidine rings is 1. The third kappa shape index (κ3) is 7.47. The fourth-order valence-corrected chi connectivity index (χ4v) is 5.38. The van der Waals surface area contributed by atoms with Crippen molar-refractivity contribution in [3.05, 3.63) is 102 Å². The minimum atomic E-state index is -6.03. The summed E-state index contributed by atoms with van der Waals surface area (Å²) < 4.78 is 79.6. The molecule has 0 unspecified atom stereocenters. The molecule has 0 amide bonds. The van der Waals surface area contributed by atoms with Crippen molar-refractivity contribution in [1.82, 2.24) is 4.90 Å². The van der Waals surface area contributed by atoms with Crippen molar-refractivity contribution in [2.24, 2.45) is 0 Å². The summed E-state index contributed by atoms with van der Waals surface area (Å²) in [5.74, 6) is -0.453. The van der Waals surface area contributed by atoms with Crippen LogP contribution in [0.15, 0.2) is 84.9 Å². The van der Waals surface area contributed by atoms with E-state index in [4.69, 9.17) is 9.47 Å². The Kier molecular flexibility index (Phi) is 9.22. The summed E-state index contributed by atoms with van der Waals surface area (Å²) in [6.07, 6.45) is 3.58. The zero-order valence-corrected chi connectivity index (χ0v) is 24.0. The molecule has 0 radical (unpaired) electrons. The van der Waals surface area contributed by atoms with Crippen LogP contribution in [0.5, 0.6) is 17.2 Å². The molecule has 0 bridgehead atoms. The van der Waals surface area contributed by atoms with Gasteiger partial charge >= 0.3 is 15.6 Å². The van der Waals surface area contributed by atoms with Crippen molar-refractivity contribution in [3.63, 3.8) is 0 Å². The van der Waals surface area contributed by atoms with E-state index in [-0.39, 0.29) is 23.1 Å². The number of fused-ring (bicyclic) bond motifs is 1. The normalized spacial score (nSPS) is 14.4. The molecule has 4 aromatic carbocycles. The Balaban J connectivity index is 1.41. The molecule has 1 heterocycles. The van der Waals surface area contributed by atoms with E-state index >= 15 is 0 Å². The van der Waals surface area contributed by atoms with Gasteiger partial charge in [0.1, 0.15) is 24.7 Å². The molecule has 11 heteroatoms. The highest BCUT2D eigenvalue weighted by Gasteiger charge is 2.49. The molecule has 1 saturated heterocycles. The van der Waals surface area contributed by atoms with Crippen LogP contribution in [0.2, 0.25) is 0 Å². The monoisotopic (exact) mass is 613 g/mol. The molecule has 0 aromatic heterocycles. The van der Waals surface area contributed by atoms with Crippen LogP contribution in [-0.4, -0.2) is 50.9 Å². The molecule has 1 aliphatic heterocycles. The first-order valence-electron chi connectivity index (χ1n) is 13.8. The summed E-state index contributed by atoms with van der Waals surface area (Å²) >= 11 is 0. The van der Waals surface area contributed by atoms with Crippen LogP contribution in [0.4, 0.5) is 13.2 Å². The van der Waals surface area contributed by atoms with Crippen LogP contribution in [0, 0.1) is 0 Å². The molecule has 0 aliphatic carbocycles. The molecule has 226 valence electrons. The van der Waals surface area contributed by atoms with Crippen LogP contribution >= 0.6 is 0 Å². The van der Waals surface area contributed by atoms with E-state index in [1.54, 1.807) is 24.3 Å². The van der Waals surface area contributed by atoms with Crippen LogP contribution in [0.1, 0.15) is 40.7 Å². The lowest BCUT2D eigenvalue weighted by atomic mass is 9.96. The third-order valence-corrected chi connectivity index (χ3v) is 8.12. The number of hydrogen-bond acceptors (Lipinski definition) is 7. The number of benzene rings is 4. The van der Waals surface area contributed by atoms with Crippen LogP contribution < -0.4 is 13.7 Å². The first-order valence-corrected chi connectivity index (χ1v) is 15.3. The summed E-state index contributed by atoms with van der Waals surface area (Å²) in [5, 5.41) is 0.650. The predicted octanol–water partition coefficient (Wildman–Crippen LogP) is 6.74. The van der Waals surface area contributed by atoms with Crippen molar-refractivity contribution in [2.45, 2.75) is 31.4 Å². The van der Waals surface area contributed by atoms with E-state index in [0.717, 1.165) is 31.3 Å². The van der Waals surface area contributed by atoms with Crippen molar-refractivity contribution in [2.75, 3.05) is 26.2 Å². The lowest BCUT2D eigenvalue weighted by molar-refractivity contribution is -0.0500. The molecule has 43 heavy (non-hydrogen) atoms. The molecule has 0 N–H and O–H groups in total. The first-order chi connectivity index (χ1) is 20.6. The van der Waals surface area contributed by atoms with E-state index in [0.29, 0.717) is 23.5 Å². The third-order valence-electron chi connectivity index (χ3n) is 7.15. The van der Waals surface area contributed by atoms with Gasteiger partial charge < -0.3 is 13.7 Å². The van der Waals surface area contributed by atoms with E-state index in [9.17, 15) is 26.4 Å². The molecule has 0 atom stereocenters. The number of hydrogen-bond donors (Lipinski definition) is 0. The van der Waals surface area contributed by atoms with Gasteiger partial charge in [-0.25, -0.2) is 0 Å². The molecule has 0 saturated carbocycles. The maximum absolute atomic E-state index is 13.7. The number of halogens is 3. The van der Waals surface area contributed by atoms with Gasteiger partial charge in [0.05, 0.1) is 5.56 Å². The van der Waals surface area contributed by atoms with Gasteiger partial charge in [0.15, 0.2) is 11.5 Å². The second-order valence-electron chi connectivity index (χ2n) is 10.2.